The van der Waals surface area contributed by atoms with E-state index in [1.807, 2.05) is 36.4 Å². The number of rotatable bonds is 7. The number of carbonyl (C=O) groups is 1. The molecule has 168 valence electrons. The Morgan fingerprint density at radius 2 is 1.91 bits per heavy atom. The fourth-order valence-electron chi connectivity index (χ4n) is 4.28. The molecule has 0 aliphatic carbocycles. The third-order valence-corrected chi connectivity index (χ3v) is 6.52. The number of benzene rings is 2. The summed E-state index contributed by atoms with van der Waals surface area (Å²) in [6.07, 6.45) is 2.52. The first-order valence-corrected chi connectivity index (χ1v) is 11.6. The Morgan fingerprint density at radius 1 is 1.19 bits per heavy atom. The zero-order valence-electron chi connectivity index (χ0n) is 18.6. The summed E-state index contributed by atoms with van der Waals surface area (Å²) in [4.78, 5) is 19.7. The Morgan fingerprint density at radius 3 is 2.62 bits per heavy atom. The summed E-state index contributed by atoms with van der Waals surface area (Å²) in [7, 11) is 0. The first-order chi connectivity index (χ1) is 15.5. The van der Waals surface area contributed by atoms with E-state index in [0.717, 1.165) is 37.9 Å². The maximum atomic E-state index is 12.9. The summed E-state index contributed by atoms with van der Waals surface area (Å²) in [5.74, 6) is 1.25. The first-order valence-electron chi connectivity index (χ1n) is 11.2. The number of piperidine rings is 1. The minimum absolute atomic E-state index is 0.0330. The smallest absolute Gasteiger partial charge is 0.241 e. The monoisotopic (exact) mass is 452 g/mol. The Labute approximate surface area is 194 Å². The van der Waals surface area contributed by atoms with E-state index < -0.39 is 0 Å². The van der Waals surface area contributed by atoms with Gasteiger partial charge in [-0.25, -0.2) is 0 Å². The van der Waals surface area contributed by atoms with E-state index in [4.69, 9.17) is 16.1 Å². The van der Waals surface area contributed by atoms with Crippen molar-refractivity contribution in [3.8, 4) is 11.4 Å². The second-order valence-corrected chi connectivity index (χ2v) is 8.78. The summed E-state index contributed by atoms with van der Waals surface area (Å²) >= 11 is 6.23. The zero-order chi connectivity index (χ0) is 22.5. The van der Waals surface area contributed by atoms with Gasteiger partial charge >= 0.3 is 0 Å². The van der Waals surface area contributed by atoms with E-state index in [9.17, 15) is 4.79 Å². The van der Waals surface area contributed by atoms with Crippen LogP contribution in [-0.2, 0) is 11.3 Å². The van der Waals surface area contributed by atoms with Gasteiger partial charge in [0.2, 0.25) is 17.6 Å². The van der Waals surface area contributed by atoms with Gasteiger partial charge < -0.3 is 9.84 Å². The molecule has 2 aromatic carbocycles. The third kappa shape index (κ3) is 5.19. The fraction of sp³-hybridized carbons (Fsp3) is 0.400. The summed E-state index contributed by atoms with van der Waals surface area (Å²) in [5.41, 5.74) is 3.18. The second kappa shape index (κ2) is 10.3. The molecule has 0 spiro atoms. The molecule has 1 saturated heterocycles. The minimum Gasteiger partial charge on any atom is -0.349 e. The lowest BCUT2D eigenvalue weighted by atomic mass is 9.94. The summed E-state index contributed by atoms with van der Waals surface area (Å²) in [6, 6.07) is 15.8. The molecule has 4 rings (SSSR count). The lowest BCUT2D eigenvalue weighted by Crippen LogP contribution is -2.41. The van der Waals surface area contributed by atoms with Crippen LogP contribution in [0.1, 0.15) is 49.2 Å². The average Bonchev–Trinajstić information content (AvgIpc) is 3.27. The van der Waals surface area contributed by atoms with Gasteiger partial charge in [0.15, 0.2) is 0 Å². The molecule has 0 saturated carbocycles. The van der Waals surface area contributed by atoms with Crippen molar-refractivity contribution in [2.24, 2.45) is 5.92 Å². The number of aromatic nitrogens is 2. The fourth-order valence-corrected chi connectivity index (χ4v) is 4.50. The second-order valence-electron chi connectivity index (χ2n) is 8.37. The molecule has 7 heteroatoms. The van der Waals surface area contributed by atoms with Crippen molar-refractivity contribution in [1.29, 1.82) is 0 Å². The van der Waals surface area contributed by atoms with Crippen molar-refractivity contribution < 1.29 is 9.32 Å². The number of halogens is 1. The Hall–Kier alpha value is -2.70. The maximum Gasteiger partial charge on any atom is 0.241 e. The highest BCUT2D eigenvalue weighted by Crippen LogP contribution is 2.26. The molecular formula is C25H29ClN4O2. The first kappa shape index (κ1) is 22.5. The topological polar surface area (TPSA) is 71.3 Å². The zero-order valence-corrected chi connectivity index (χ0v) is 19.3. The van der Waals surface area contributed by atoms with E-state index in [-0.39, 0.29) is 17.9 Å². The normalized spacial score (nSPS) is 16.1. The number of hydrogen-bond donors (Lipinski definition) is 1. The molecule has 0 bridgehead atoms. The van der Waals surface area contributed by atoms with Crippen LogP contribution in [0.3, 0.4) is 0 Å². The van der Waals surface area contributed by atoms with Crippen LogP contribution in [0.15, 0.2) is 53.1 Å². The van der Waals surface area contributed by atoms with E-state index in [0.29, 0.717) is 23.3 Å². The molecule has 1 aliphatic heterocycles. The average molecular weight is 453 g/mol. The SMILES string of the molecule is CCC(NC(=O)C1CCN(Cc2nc(-c3ccccc3Cl)no2)CC1)c1ccccc1C. The molecule has 1 aromatic heterocycles. The molecule has 3 aromatic rings. The molecular weight excluding hydrogens is 424 g/mol. The highest BCUT2D eigenvalue weighted by Gasteiger charge is 2.27. The minimum atomic E-state index is 0.0330. The number of nitrogens with zero attached hydrogens (tertiary/aromatic N) is 3. The Bertz CT molecular complexity index is 1060. The standard InChI is InChI=1S/C25H29ClN4O2/c1-3-22(19-9-5-4-8-17(19)2)27-25(31)18-12-14-30(15-13-18)16-23-28-24(29-32-23)20-10-6-7-11-21(20)26/h4-11,18,22H,3,12-16H2,1-2H3,(H,27,31). The van der Waals surface area contributed by atoms with Gasteiger partial charge in [0, 0.05) is 11.5 Å². The predicted molar refractivity (Wildman–Crippen MR) is 125 cm³/mol. The van der Waals surface area contributed by atoms with Gasteiger partial charge in [-0.3, -0.25) is 9.69 Å². The summed E-state index contributed by atoms with van der Waals surface area (Å²) < 4.78 is 5.44. The number of aryl methyl sites for hydroxylation is 1. The van der Waals surface area contributed by atoms with Gasteiger partial charge in [0.25, 0.3) is 0 Å². The van der Waals surface area contributed by atoms with Crippen LogP contribution in [-0.4, -0.2) is 34.0 Å². The highest BCUT2D eigenvalue weighted by molar-refractivity contribution is 6.33. The predicted octanol–water partition coefficient (Wildman–Crippen LogP) is 5.18. The molecule has 1 aliphatic rings. The third-order valence-electron chi connectivity index (χ3n) is 6.19. The van der Waals surface area contributed by atoms with Gasteiger partial charge in [-0.1, -0.05) is 60.1 Å². The lowest BCUT2D eigenvalue weighted by molar-refractivity contribution is -0.127. The number of carbonyl (C=O) groups excluding carboxylic acids is 1. The van der Waals surface area contributed by atoms with Crippen LogP contribution < -0.4 is 5.32 Å². The molecule has 2 heterocycles. The Balaban J connectivity index is 1.30. The molecule has 1 N–H and O–H groups in total. The molecule has 1 atom stereocenters. The molecule has 32 heavy (non-hydrogen) atoms. The number of likely N-dealkylation sites (tertiary alicyclic amines) is 1. The number of nitrogens with one attached hydrogen (secondary N) is 1. The van der Waals surface area contributed by atoms with Crippen molar-refractivity contribution in [2.75, 3.05) is 13.1 Å². The van der Waals surface area contributed by atoms with Crippen molar-refractivity contribution >= 4 is 17.5 Å². The summed E-state index contributed by atoms with van der Waals surface area (Å²) in [5, 5.41) is 7.95. The van der Waals surface area contributed by atoms with Crippen LogP contribution in [0.5, 0.6) is 0 Å². The van der Waals surface area contributed by atoms with Crippen LogP contribution >= 0.6 is 11.6 Å². The van der Waals surface area contributed by atoms with Gasteiger partial charge in [-0.2, -0.15) is 4.98 Å². The van der Waals surface area contributed by atoms with E-state index >= 15 is 0 Å². The van der Waals surface area contributed by atoms with Crippen LogP contribution in [0, 0.1) is 12.8 Å². The number of amides is 1. The van der Waals surface area contributed by atoms with Gasteiger partial charge in [-0.15, -0.1) is 0 Å². The van der Waals surface area contributed by atoms with E-state index in [1.165, 1.54) is 11.1 Å². The van der Waals surface area contributed by atoms with Gasteiger partial charge in [0.1, 0.15) is 0 Å². The van der Waals surface area contributed by atoms with Crippen molar-refractivity contribution in [1.82, 2.24) is 20.4 Å². The van der Waals surface area contributed by atoms with Crippen LogP contribution in [0.4, 0.5) is 0 Å². The van der Waals surface area contributed by atoms with E-state index in [2.05, 4.69) is 46.3 Å². The van der Waals surface area contributed by atoms with Crippen molar-refractivity contribution in [3.63, 3.8) is 0 Å². The maximum absolute atomic E-state index is 12.9. The van der Waals surface area contributed by atoms with Crippen LogP contribution in [0.25, 0.3) is 11.4 Å². The molecule has 0 radical (unpaired) electrons. The van der Waals surface area contributed by atoms with Crippen molar-refractivity contribution in [3.05, 3.63) is 70.6 Å². The van der Waals surface area contributed by atoms with Crippen molar-refractivity contribution in [2.45, 2.75) is 45.7 Å². The van der Waals surface area contributed by atoms with Crippen LogP contribution in [0.2, 0.25) is 5.02 Å². The quantitative estimate of drug-likeness (QED) is 0.535. The van der Waals surface area contributed by atoms with E-state index in [1.54, 1.807) is 0 Å². The van der Waals surface area contributed by atoms with Gasteiger partial charge in [-0.05, 0) is 62.5 Å². The number of hydrogen-bond acceptors (Lipinski definition) is 5. The molecule has 1 fully saturated rings. The largest absolute Gasteiger partial charge is 0.349 e. The lowest BCUT2D eigenvalue weighted by Gasteiger charge is -2.31. The molecule has 1 amide bonds. The summed E-state index contributed by atoms with van der Waals surface area (Å²) in [6.45, 7) is 6.43. The van der Waals surface area contributed by atoms with Gasteiger partial charge in [0.05, 0.1) is 17.6 Å². The highest BCUT2D eigenvalue weighted by atomic mass is 35.5. The molecule has 6 nitrogen and oxygen atoms in total. The Kier molecular flexibility index (Phi) is 7.22. The molecule has 1 unspecified atom stereocenters.